The summed E-state index contributed by atoms with van der Waals surface area (Å²) >= 11 is 6.22. The van der Waals surface area contributed by atoms with Crippen LogP contribution in [-0.4, -0.2) is 44.1 Å². The van der Waals surface area contributed by atoms with Crippen LogP contribution in [0.15, 0.2) is 54.6 Å². The Morgan fingerprint density at radius 3 is 2.49 bits per heavy atom. The van der Waals surface area contributed by atoms with E-state index in [1.165, 1.54) is 24.3 Å². The fraction of sp³-hybridized carbons (Fsp3) is 0.320. The first-order valence-electron chi connectivity index (χ1n) is 11.0. The number of nitrogens with one attached hydrogen (secondary N) is 1. The third kappa shape index (κ3) is 6.37. The highest BCUT2D eigenvalue weighted by Gasteiger charge is 2.28. The number of halogens is 2. The van der Waals surface area contributed by atoms with E-state index in [4.69, 9.17) is 16.3 Å². The Morgan fingerprint density at radius 1 is 1.20 bits per heavy atom. The number of aromatic nitrogens is 2. The van der Waals surface area contributed by atoms with Gasteiger partial charge in [0, 0.05) is 11.1 Å². The number of nitrogens with zero attached hydrogens (tertiary/aromatic N) is 2. The zero-order valence-corrected chi connectivity index (χ0v) is 20.3. The van der Waals surface area contributed by atoms with Crippen molar-refractivity contribution in [3.8, 4) is 11.6 Å². The van der Waals surface area contributed by atoms with Gasteiger partial charge in [0.15, 0.2) is 5.69 Å². The summed E-state index contributed by atoms with van der Waals surface area (Å²) in [6.07, 6.45) is -0.413. The van der Waals surface area contributed by atoms with Gasteiger partial charge in [0.1, 0.15) is 18.1 Å². The standard InChI is InChI=1S/C25H27ClFN3O5/c1-15(2)25(3,34)14-35-22-12-20(29-30(22)21-11-7-6-10-18(21)27)24(33)28-19(13-23(31)32)16-8-4-5-9-17(16)26/h4-12,15,19,34H,13-14H2,1-3H3,(H,28,33)(H,31,32)/t19-,25-/m0/s1. The summed E-state index contributed by atoms with van der Waals surface area (Å²) in [4.78, 5) is 24.5. The molecular formula is C25H27ClFN3O5. The number of amides is 1. The lowest BCUT2D eigenvalue weighted by Crippen LogP contribution is -2.38. The summed E-state index contributed by atoms with van der Waals surface area (Å²) in [5.41, 5.74) is -0.847. The third-order valence-corrected chi connectivity index (χ3v) is 6.05. The van der Waals surface area contributed by atoms with Gasteiger partial charge in [0.05, 0.1) is 18.1 Å². The monoisotopic (exact) mass is 503 g/mol. The van der Waals surface area contributed by atoms with Gasteiger partial charge >= 0.3 is 5.97 Å². The first-order chi connectivity index (χ1) is 16.5. The van der Waals surface area contributed by atoms with Crippen LogP contribution in [0.3, 0.4) is 0 Å². The number of aliphatic hydroxyl groups is 1. The molecule has 0 fully saturated rings. The van der Waals surface area contributed by atoms with E-state index in [1.54, 1.807) is 37.3 Å². The van der Waals surface area contributed by atoms with E-state index in [2.05, 4.69) is 10.4 Å². The molecule has 0 aliphatic rings. The molecule has 0 aliphatic carbocycles. The van der Waals surface area contributed by atoms with Crippen LogP contribution in [0.1, 0.15) is 49.3 Å². The van der Waals surface area contributed by atoms with Crippen molar-refractivity contribution in [2.45, 2.75) is 38.8 Å². The summed E-state index contributed by atoms with van der Waals surface area (Å²) in [5, 5.41) is 27.1. The fourth-order valence-electron chi connectivity index (χ4n) is 3.16. The molecule has 3 N–H and O–H groups in total. The smallest absolute Gasteiger partial charge is 0.305 e. The van der Waals surface area contributed by atoms with Crippen LogP contribution >= 0.6 is 11.6 Å². The van der Waals surface area contributed by atoms with Crippen molar-refractivity contribution in [3.63, 3.8) is 0 Å². The highest BCUT2D eigenvalue weighted by atomic mass is 35.5. The zero-order valence-electron chi connectivity index (χ0n) is 19.5. The predicted octanol–water partition coefficient (Wildman–Crippen LogP) is 4.40. The lowest BCUT2D eigenvalue weighted by Gasteiger charge is -2.27. The van der Waals surface area contributed by atoms with Crippen molar-refractivity contribution in [3.05, 3.63) is 76.7 Å². The highest BCUT2D eigenvalue weighted by molar-refractivity contribution is 6.31. The van der Waals surface area contributed by atoms with Crippen LogP contribution in [0.25, 0.3) is 5.69 Å². The van der Waals surface area contributed by atoms with Crippen molar-refractivity contribution in [1.29, 1.82) is 0 Å². The van der Waals surface area contributed by atoms with E-state index in [-0.39, 0.29) is 29.8 Å². The number of carbonyl (C=O) groups excluding carboxylic acids is 1. The van der Waals surface area contributed by atoms with Gasteiger partial charge in [-0.15, -0.1) is 0 Å². The largest absolute Gasteiger partial charge is 0.481 e. The average Bonchev–Trinajstić information content (AvgIpc) is 3.22. The molecule has 0 aliphatic heterocycles. The number of carbonyl (C=O) groups is 2. The number of benzene rings is 2. The van der Waals surface area contributed by atoms with Crippen LogP contribution in [0.4, 0.5) is 4.39 Å². The summed E-state index contributed by atoms with van der Waals surface area (Å²) in [5.74, 6) is -2.53. The van der Waals surface area contributed by atoms with E-state index in [9.17, 15) is 24.2 Å². The Hall–Kier alpha value is -3.43. The van der Waals surface area contributed by atoms with Crippen molar-refractivity contribution in [1.82, 2.24) is 15.1 Å². The number of aliphatic carboxylic acids is 1. The van der Waals surface area contributed by atoms with Gasteiger partial charge in [-0.25, -0.2) is 4.39 Å². The van der Waals surface area contributed by atoms with E-state index in [0.717, 1.165) is 4.68 Å². The maximum absolute atomic E-state index is 14.5. The van der Waals surface area contributed by atoms with Crippen LogP contribution in [0, 0.1) is 11.7 Å². The molecule has 0 unspecified atom stereocenters. The number of hydrogen-bond donors (Lipinski definition) is 3. The van der Waals surface area contributed by atoms with Crippen LogP contribution < -0.4 is 10.1 Å². The summed E-state index contributed by atoms with van der Waals surface area (Å²) in [7, 11) is 0. The first kappa shape index (κ1) is 26.2. The number of para-hydroxylation sites is 1. The number of hydrogen-bond acceptors (Lipinski definition) is 5. The van der Waals surface area contributed by atoms with Crippen molar-refractivity contribution < 1.29 is 28.9 Å². The maximum Gasteiger partial charge on any atom is 0.305 e. The molecule has 35 heavy (non-hydrogen) atoms. The van der Waals surface area contributed by atoms with E-state index >= 15 is 0 Å². The molecule has 2 aromatic carbocycles. The Kier molecular flexibility index (Phi) is 8.14. The second kappa shape index (κ2) is 10.9. The minimum absolute atomic E-state index is 0.0358. The molecular weight excluding hydrogens is 477 g/mol. The highest BCUT2D eigenvalue weighted by Crippen LogP contribution is 2.27. The molecule has 0 saturated carbocycles. The molecule has 8 nitrogen and oxygen atoms in total. The van der Waals surface area contributed by atoms with Crippen molar-refractivity contribution in [2.24, 2.45) is 5.92 Å². The minimum Gasteiger partial charge on any atom is -0.481 e. The number of carboxylic acid groups (broad SMARTS) is 1. The Labute approximate surface area is 207 Å². The molecule has 0 bridgehead atoms. The van der Waals surface area contributed by atoms with Gasteiger partial charge in [-0.05, 0) is 36.6 Å². The number of rotatable bonds is 10. The van der Waals surface area contributed by atoms with Gasteiger partial charge in [0.2, 0.25) is 5.88 Å². The Bertz CT molecular complexity index is 1210. The summed E-state index contributed by atoms with van der Waals surface area (Å²) in [6.45, 7) is 5.13. The second-order valence-corrected chi connectivity index (χ2v) is 9.08. The average molecular weight is 504 g/mol. The zero-order chi connectivity index (χ0) is 25.8. The second-order valence-electron chi connectivity index (χ2n) is 8.68. The molecule has 2 atom stereocenters. The molecule has 0 spiro atoms. The quantitative estimate of drug-likeness (QED) is 0.378. The Morgan fingerprint density at radius 2 is 1.86 bits per heavy atom. The normalized spacial score (nSPS) is 13.8. The van der Waals surface area contributed by atoms with E-state index in [0.29, 0.717) is 10.6 Å². The minimum atomic E-state index is -1.19. The van der Waals surface area contributed by atoms with Crippen LogP contribution in [-0.2, 0) is 4.79 Å². The van der Waals surface area contributed by atoms with Gasteiger partial charge in [0.25, 0.3) is 5.91 Å². The van der Waals surface area contributed by atoms with Gasteiger partial charge < -0.3 is 20.3 Å². The van der Waals surface area contributed by atoms with E-state index < -0.39 is 35.8 Å². The van der Waals surface area contributed by atoms with Gasteiger partial charge in [-0.2, -0.15) is 9.78 Å². The van der Waals surface area contributed by atoms with Gasteiger partial charge in [-0.1, -0.05) is 55.8 Å². The lowest BCUT2D eigenvalue weighted by atomic mass is 9.94. The SMILES string of the molecule is CC(C)[C@@](C)(O)COc1cc(C(=O)N[C@@H](CC(=O)O)c2ccccc2Cl)nn1-c1ccccc1F. The van der Waals surface area contributed by atoms with Crippen LogP contribution in [0.5, 0.6) is 5.88 Å². The molecule has 3 rings (SSSR count). The van der Waals surface area contributed by atoms with Gasteiger partial charge in [-0.3, -0.25) is 9.59 Å². The molecule has 3 aromatic rings. The fourth-order valence-corrected chi connectivity index (χ4v) is 3.43. The molecule has 0 radical (unpaired) electrons. The molecule has 1 amide bonds. The van der Waals surface area contributed by atoms with Crippen LogP contribution in [0.2, 0.25) is 5.02 Å². The molecule has 1 heterocycles. The first-order valence-corrected chi connectivity index (χ1v) is 11.3. The topological polar surface area (TPSA) is 114 Å². The number of ether oxygens (including phenoxy) is 1. The third-order valence-electron chi connectivity index (χ3n) is 5.71. The predicted molar refractivity (Wildman–Crippen MR) is 128 cm³/mol. The molecule has 1 aromatic heterocycles. The van der Waals surface area contributed by atoms with Crippen molar-refractivity contribution in [2.75, 3.05) is 6.61 Å². The molecule has 0 saturated heterocycles. The molecule has 186 valence electrons. The summed E-state index contributed by atoms with van der Waals surface area (Å²) < 4.78 is 21.4. The van der Waals surface area contributed by atoms with E-state index in [1.807, 2.05) is 13.8 Å². The lowest BCUT2D eigenvalue weighted by molar-refractivity contribution is -0.137. The maximum atomic E-state index is 14.5. The molecule has 10 heteroatoms. The summed E-state index contributed by atoms with van der Waals surface area (Å²) in [6, 6.07) is 12.8. The Balaban J connectivity index is 1.96. The number of carboxylic acids is 1. The van der Waals surface area contributed by atoms with Crippen molar-refractivity contribution >= 4 is 23.5 Å².